The lowest BCUT2D eigenvalue weighted by atomic mass is 9.56. The normalized spacial score (nSPS) is 32.5. The summed E-state index contributed by atoms with van der Waals surface area (Å²) >= 11 is 14.4. The Kier molecular flexibility index (Phi) is 6.39. The van der Waals surface area contributed by atoms with Gasteiger partial charge in [-0.05, 0) is 42.0 Å². The maximum Gasteiger partial charge on any atom is 0.253 e. The Labute approximate surface area is 246 Å². The number of benzene rings is 2. The van der Waals surface area contributed by atoms with Crippen LogP contribution in [0.3, 0.4) is 0 Å². The number of carbonyl (C=O) groups excluding carboxylic acids is 4. The maximum atomic E-state index is 14.0. The Bertz CT molecular complexity index is 1500. The lowest BCUT2D eigenvalue weighted by Gasteiger charge is -2.50. The minimum absolute atomic E-state index is 0.0717. The summed E-state index contributed by atoms with van der Waals surface area (Å²) in [6.07, 6.45) is 2.02. The quantitative estimate of drug-likeness (QED) is 0.318. The summed E-state index contributed by atoms with van der Waals surface area (Å²) in [5, 5.41) is 10.6. The SMILES string of the molecule is COc1cc(C2C3=CCC4C(=O)N(Cc5ccccc5)C(=O)C4C3CC3(Cl)C(=O)N(C)C(=O)C23Cl)cc(OC)c1O. The van der Waals surface area contributed by atoms with Crippen molar-refractivity contribution >= 4 is 46.8 Å². The molecule has 0 radical (unpaired) electrons. The molecule has 2 saturated heterocycles. The lowest BCUT2D eigenvalue weighted by molar-refractivity contribution is -0.141. The van der Waals surface area contributed by atoms with Gasteiger partial charge in [-0.3, -0.25) is 29.0 Å². The molecule has 1 N–H and O–H groups in total. The molecule has 6 unspecified atom stereocenters. The third-order valence-corrected chi connectivity index (χ3v) is 10.5. The van der Waals surface area contributed by atoms with E-state index in [1.807, 2.05) is 36.4 Å². The second kappa shape index (κ2) is 9.49. The van der Waals surface area contributed by atoms with Gasteiger partial charge < -0.3 is 14.6 Å². The van der Waals surface area contributed by atoms with Crippen LogP contribution in [0.1, 0.15) is 29.9 Å². The minimum atomic E-state index is -1.95. The van der Waals surface area contributed by atoms with Gasteiger partial charge in [0.25, 0.3) is 11.8 Å². The molecule has 41 heavy (non-hydrogen) atoms. The van der Waals surface area contributed by atoms with E-state index in [0.717, 1.165) is 10.5 Å². The lowest BCUT2D eigenvalue weighted by Crippen LogP contribution is -2.60. The molecule has 0 bridgehead atoms. The number of allylic oxidation sites excluding steroid dienone is 2. The number of methoxy groups -OCH3 is 2. The Morgan fingerprint density at radius 3 is 2.20 bits per heavy atom. The fourth-order valence-electron chi connectivity index (χ4n) is 7.19. The van der Waals surface area contributed by atoms with Gasteiger partial charge in [0.15, 0.2) is 21.2 Å². The molecule has 214 valence electrons. The number of fused-ring (bicyclic) bond motifs is 4. The summed E-state index contributed by atoms with van der Waals surface area (Å²) in [6, 6.07) is 12.3. The van der Waals surface area contributed by atoms with Crippen LogP contribution in [0.15, 0.2) is 54.1 Å². The summed E-state index contributed by atoms with van der Waals surface area (Å²) in [4.78, 5) is 53.2. The molecule has 6 atom stereocenters. The smallest absolute Gasteiger partial charge is 0.253 e. The van der Waals surface area contributed by atoms with Gasteiger partial charge in [0.05, 0.1) is 32.6 Å². The van der Waals surface area contributed by atoms with Crippen LogP contribution in [0, 0.1) is 17.8 Å². The molecule has 1 saturated carbocycles. The molecule has 2 aromatic rings. The van der Waals surface area contributed by atoms with Crippen molar-refractivity contribution in [1.29, 1.82) is 0 Å². The van der Waals surface area contributed by atoms with Gasteiger partial charge in [-0.25, -0.2) is 0 Å². The summed E-state index contributed by atoms with van der Waals surface area (Å²) in [5.74, 6) is -5.09. The number of halogens is 2. The standard InChI is InChI=1S/C30H28Cl2N2O7/c1-33-27(38)29(31)13-19-17(9-10-18-22(19)26(37)34(25(18)36)14-15-7-5-4-6-8-15)23(30(29,32)28(33)39)16-11-20(40-2)24(35)21(12-16)41-3/h4-9,11-12,18-19,22-23,35H,10,13-14H2,1-3H3. The predicted molar refractivity (Wildman–Crippen MR) is 149 cm³/mol. The van der Waals surface area contributed by atoms with Crippen LogP contribution in [-0.2, 0) is 25.7 Å². The third-order valence-electron chi connectivity index (χ3n) is 9.12. The van der Waals surface area contributed by atoms with Crippen LogP contribution >= 0.6 is 23.2 Å². The molecule has 11 heteroatoms. The molecule has 2 aliphatic carbocycles. The second-order valence-corrected chi connectivity index (χ2v) is 12.3. The van der Waals surface area contributed by atoms with Crippen molar-refractivity contribution in [3.8, 4) is 17.2 Å². The number of alkyl halides is 2. The van der Waals surface area contributed by atoms with Crippen LogP contribution in [0.2, 0.25) is 0 Å². The number of hydrogen-bond donors (Lipinski definition) is 1. The highest BCUT2D eigenvalue weighted by Gasteiger charge is 2.75. The third kappa shape index (κ3) is 3.61. The monoisotopic (exact) mass is 598 g/mol. The number of phenolic OH excluding ortho intramolecular Hbond substituents is 1. The largest absolute Gasteiger partial charge is 0.502 e. The Balaban J connectivity index is 1.51. The highest BCUT2D eigenvalue weighted by molar-refractivity contribution is 6.53. The molecule has 3 fully saturated rings. The van der Waals surface area contributed by atoms with Gasteiger partial charge in [0.1, 0.15) is 0 Å². The van der Waals surface area contributed by atoms with E-state index >= 15 is 0 Å². The number of carbonyl (C=O) groups is 4. The van der Waals surface area contributed by atoms with Gasteiger partial charge in [0, 0.05) is 13.0 Å². The Morgan fingerprint density at radius 2 is 1.59 bits per heavy atom. The molecule has 9 nitrogen and oxygen atoms in total. The highest BCUT2D eigenvalue weighted by atomic mass is 35.5. The number of hydrogen-bond acceptors (Lipinski definition) is 7. The van der Waals surface area contributed by atoms with Gasteiger partial charge in [-0.15, -0.1) is 23.2 Å². The summed E-state index contributed by atoms with van der Waals surface area (Å²) in [5.41, 5.74) is 1.88. The minimum Gasteiger partial charge on any atom is -0.502 e. The number of aromatic hydroxyl groups is 1. The molecular weight excluding hydrogens is 571 g/mol. The van der Waals surface area contributed by atoms with Gasteiger partial charge >= 0.3 is 0 Å². The number of ether oxygens (including phenoxy) is 2. The average Bonchev–Trinajstić information content (AvgIpc) is 3.28. The Morgan fingerprint density at radius 1 is 0.951 bits per heavy atom. The van der Waals surface area contributed by atoms with Gasteiger partial charge in [-0.2, -0.15) is 0 Å². The topological polar surface area (TPSA) is 113 Å². The first-order valence-electron chi connectivity index (χ1n) is 13.2. The van der Waals surface area contributed by atoms with E-state index in [0.29, 0.717) is 11.1 Å². The zero-order valence-corrected chi connectivity index (χ0v) is 24.1. The summed E-state index contributed by atoms with van der Waals surface area (Å²) in [6.45, 7) is 0.134. The molecule has 6 rings (SSSR count). The average molecular weight is 599 g/mol. The molecule has 2 aromatic carbocycles. The molecule has 2 aliphatic heterocycles. The van der Waals surface area contributed by atoms with Gasteiger partial charge in [-0.1, -0.05) is 42.0 Å². The zero-order chi connectivity index (χ0) is 29.4. The molecule has 0 aromatic heterocycles. The number of rotatable bonds is 5. The van der Waals surface area contributed by atoms with Crippen molar-refractivity contribution in [2.24, 2.45) is 17.8 Å². The number of likely N-dealkylation sites (tertiary alicyclic amines) is 2. The maximum absolute atomic E-state index is 14.0. The first-order chi connectivity index (χ1) is 19.5. The van der Waals surface area contributed by atoms with E-state index in [-0.39, 0.29) is 48.4 Å². The molecule has 2 heterocycles. The van der Waals surface area contributed by atoms with Crippen molar-refractivity contribution in [3.63, 3.8) is 0 Å². The van der Waals surface area contributed by atoms with Crippen LogP contribution in [0.5, 0.6) is 17.2 Å². The predicted octanol–water partition coefficient (Wildman–Crippen LogP) is 3.60. The fraction of sp³-hybridized carbons (Fsp3) is 0.400. The molecular formula is C30H28Cl2N2O7. The van der Waals surface area contributed by atoms with Crippen molar-refractivity contribution in [1.82, 2.24) is 9.80 Å². The van der Waals surface area contributed by atoms with E-state index in [2.05, 4.69) is 0 Å². The molecule has 0 spiro atoms. The van der Waals surface area contributed by atoms with Crippen LogP contribution in [0.4, 0.5) is 0 Å². The van der Waals surface area contributed by atoms with Crippen molar-refractivity contribution < 1.29 is 33.8 Å². The first-order valence-corrected chi connectivity index (χ1v) is 14.0. The van der Waals surface area contributed by atoms with Crippen molar-refractivity contribution in [3.05, 3.63) is 65.2 Å². The molecule has 4 amide bonds. The fourth-order valence-corrected chi connectivity index (χ4v) is 8.20. The van der Waals surface area contributed by atoms with E-state index in [1.54, 1.807) is 0 Å². The number of nitrogens with zero attached hydrogens (tertiary/aromatic N) is 2. The van der Waals surface area contributed by atoms with Crippen molar-refractivity contribution in [2.45, 2.75) is 35.1 Å². The van der Waals surface area contributed by atoms with Crippen LogP contribution in [0.25, 0.3) is 0 Å². The number of imide groups is 2. The van der Waals surface area contributed by atoms with Gasteiger partial charge in [0.2, 0.25) is 17.6 Å². The van der Waals surface area contributed by atoms with E-state index < -0.39 is 45.2 Å². The van der Waals surface area contributed by atoms with E-state index in [4.69, 9.17) is 32.7 Å². The first kappa shape index (κ1) is 27.6. The molecule has 4 aliphatic rings. The Hall–Kier alpha value is -3.56. The summed E-state index contributed by atoms with van der Waals surface area (Å²) < 4.78 is 10.7. The number of amides is 4. The zero-order valence-electron chi connectivity index (χ0n) is 22.6. The van der Waals surface area contributed by atoms with Crippen LogP contribution in [-0.4, -0.2) is 69.6 Å². The second-order valence-electron chi connectivity index (χ2n) is 11.0. The summed E-state index contributed by atoms with van der Waals surface area (Å²) in [7, 11) is 4.08. The van der Waals surface area contributed by atoms with E-state index in [1.165, 1.54) is 38.3 Å². The van der Waals surface area contributed by atoms with Crippen LogP contribution < -0.4 is 9.47 Å². The highest BCUT2D eigenvalue weighted by Crippen LogP contribution is 2.65. The van der Waals surface area contributed by atoms with E-state index in [9.17, 15) is 24.3 Å². The number of phenols is 1. The van der Waals surface area contributed by atoms with Crippen molar-refractivity contribution in [2.75, 3.05) is 21.3 Å².